The van der Waals surface area contributed by atoms with Gasteiger partial charge in [0.05, 0.1) is 11.4 Å². The van der Waals surface area contributed by atoms with Crippen molar-refractivity contribution in [1.82, 2.24) is 4.48 Å². The van der Waals surface area contributed by atoms with E-state index in [1.807, 2.05) is 0 Å². The van der Waals surface area contributed by atoms with Crippen LogP contribution in [-0.4, -0.2) is 40.8 Å². The minimum absolute atomic E-state index is 0.0503. The molecule has 0 bridgehead atoms. The molecule has 0 aliphatic carbocycles. The summed E-state index contributed by atoms with van der Waals surface area (Å²) in [5, 5.41) is 12.7. The first kappa shape index (κ1) is 28.7. The van der Waals surface area contributed by atoms with E-state index in [1.54, 1.807) is 37.3 Å². The summed E-state index contributed by atoms with van der Waals surface area (Å²) >= 11 is 5.54. The van der Waals surface area contributed by atoms with Gasteiger partial charge in [-0.1, -0.05) is 12.1 Å². The Morgan fingerprint density at radius 2 is 1.88 bits per heavy atom. The molecule has 1 aliphatic heterocycles. The Morgan fingerprint density at radius 3 is 2.52 bits per heavy atom. The fourth-order valence-electron chi connectivity index (χ4n) is 4.01. The van der Waals surface area contributed by atoms with E-state index < -0.39 is 25.4 Å². The summed E-state index contributed by atoms with van der Waals surface area (Å²) in [7, 11) is -2.83. The van der Waals surface area contributed by atoms with Crippen molar-refractivity contribution in [3.8, 4) is 11.5 Å². The molecule has 0 saturated heterocycles. The van der Waals surface area contributed by atoms with Gasteiger partial charge < -0.3 is 19.6 Å². The fraction of sp³-hybridized carbons (Fsp3) is 0.111. The van der Waals surface area contributed by atoms with Gasteiger partial charge in [-0.3, -0.25) is 13.4 Å². The largest absolute Gasteiger partial charge is 0.677 e. The lowest BCUT2D eigenvalue weighted by Gasteiger charge is -2.15. The Labute approximate surface area is 230 Å². The minimum Gasteiger partial charge on any atom is -0.507 e. The number of aliphatic imine (C=N–C) groups is 1. The van der Waals surface area contributed by atoms with Crippen molar-refractivity contribution in [2.75, 3.05) is 11.2 Å². The first-order chi connectivity index (χ1) is 18.9. The molecule has 13 heteroatoms. The fourth-order valence-corrected chi connectivity index (χ4v) is 4.08. The van der Waals surface area contributed by atoms with E-state index in [9.17, 15) is 31.7 Å². The van der Waals surface area contributed by atoms with Crippen LogP contribution in [0.3, 0.4) is 0 Å². The van der Waals surface area contributed by atoms with E-state index >= 15 is 0 Å². The van der Waals surface area contributed by atoms with Crippen LogP contribution in [0.4, 0.5) is 27.5 Å². The Kier molecular flexibility index (Phi) is 8.48. The van der Waals surface area contributed by atoms with E-state index in [-0.39, 0.29) is 22.9 Å². The molecule has 3 aromatic rings. The highest BCUT2D eigenvalue weighted by molar-refractivity contribution is 6.41. The van der Waals surface area contributed by atoms with Gasteiger partial charge in [0, 0.05) is 22.5 Å². The third-order valence-electron chi connectivity index (χ3n) is 5.71. The predicted molar refractivity (Wildman–Crippen MR) is 145 cm³/mol. The summed E-state index contributed by atoms with van der Waals surface area (Å²) in [6.07, 6.45) is 0.849. The van der Waals surface area contributed by atoms with Crippen molar-refractivity contribution < 1.29 is 36.4 Å². The molecule has 40 heavy (non-hydrogen) atoms. The van der Waals surface area contributed by atoms with Gasteiger partial charge >= 0.3 is 13.8 Å². The van der Waals surface area contributed by atoms with Crippen LogP contribution >= 0.6 is 11.6 Å². The summed E-state index contributed by atoms with van der Waals surface area (Å²) < 4.78 is 70.1. The molecule has 2 aromatic carbocycles. The number of carbonyl (C=O) groups excluding carboxylic acids is 1. The predicted octanol–water partition coefficient (Wildman–Crippen LogP) is 6.92. The number of amides is 1. The maximum atomic E-state index is 13.8. The maximum Gasteiger partial charge on any atom is 0.677 e. The molecule has 4 rings (SSSR count). The Bertz CT molecular complexity index is 1540. The molecule has 1 amide bonds. The monoisotopic (exact) mass is 575 g/mol. The van der Waals surface area contributed by atoms with Gasteiger partial charge in [0.2, 0.25) is 5.91 Å². The third kappa shape index (κ3) is 6.81. The first-order valence-corrected chi connectivity index (χ1v) is 12.2. The number of anilines is 1. The van der Waals surface area contributed by atoms with E-state index in [4.69, 9.17) is 11.6 Å². The number of phenols is 1. The van der Waals surface area contributed by atoms with E-state index in [1.165, 1.54) is 30.5 Å². The van der Waals surface area contributed by atoms with Crippen LogP contribution in [0.15, 0.2) is 89.2 Å². The maximum absolute atomic E-state index is 13.8. The standard InChI is InChI=1S/C27H20BClF5N3O3/c1-16-13-20(9-6-18-14-21(10-11-23(18)38)40-27(30,31)32)36-26(16)25(22-3-2-12-37(22)28(33)34)17-4-7-19(8-5-17)35-24(39)15-29/h2-14,38H,15H2,1H3,(H,35,39)/b9-6+,26-25+. The number of halogens is 6. The van der Waals surface area contributed by atoms with E-state index in [0.717, 1.165) is 22.7 Å². The van der Waals surface area contributed by atoms with Gasteiger partial charge in [-0.15, -0.1) is 24.8 Å². The topological polar surface area (TPSA) is 75.8 Å². The number of benzene rings is 2. The Morgan fingerprint density at radius 1 is 1.15 bits per heavy atom. The molecule has 0 fully saturated rings. The molecule has 0 spiro atoms. The number of carbonyl (C=O) groups is 1. The first-order valence-electron chi connectivity index (χ1n) is 11.7. The second-order valence-corrected chi connectivity index (χ2v) is 8.79. The number of hydrogen-bond acceptors (Lipinski definition) is 4. The summed E-state index contributed by atoms with van der Waals surface area (Å²) in [5.41, 5.74) is 3.02. The van der Waals surface area contributed by atoms with E-state index in [2.05, 4.69) is 15.0 Å². The number of aromatic nitrogens is 1. The number of ether oxygens (including phenoxy) is 1. The van der Waals surface area contributed by atoms with Crippen LogP contribution in [-0.2, 0) is 4.79 Å². The lowest BCUT2D eigenvalue weighted by molar-refractivity contribution is -0.274. The molecule has 1 aliphatic rings. The van der Waals surface area contributed by atoms with Crippen molar-refractivity contribution in [3.63, 3.8) is 0 Å². The van der Waals surface area contributed by atoms with Crippen molar-refractivity contribution in [3.05, 3.63) is 101 Å². The smallest absolute Gasteiger partial charge is 0.507 e. The summed E-state index contributed by atoms with van der Waals surface area (Å²) in [6, 6.07) is 12.6. The van der Waals surface area contributed by atoms with Gasteiger partial charge in [-0.2, -0.15) is 0 Å². The average molecular weight is 576 g/mol. The van der Waals surface area contributed by atoms with Gasteiger partial charge in [-0.05, 0) is 84.9 Å². The molecule has 0 saturated carbocycles. The molecule has 0 radical (unpaired) electrons. The lowest BCUT2D eigenvalue weighted by atomic mass is 9.96. The molecule has 6 nitrogen and oxygen atoms in total. The SMILES string of the molecule is CC1=CC(/C=C/c2cc(OC(F)(F)F)ccc2O)=NC/1=C(\c1ccc(NC(=O)CCl)cc1)c1cccn1B(F)F. The summed E-state index contributed by atoms with van der Waals surface area (Å²) in [6.45, 7) is 1.74. The number of allylic oxidation sites excluding steroid dienone is 3. The zero-order valence-electron chi connectivity index (χ0n) is 20.7. The quantitative estimate of drug-likeness (QED) is 0.174. The van der Waals surface area contributed by atoms with Gasteiger partial charge in [0.15, 0.2) is 0 Å². The van der Waals surface area contributed by atoms with Crippen LogP contribution in [0.2, 0.25) is 0 Å². The van der Waals surface area contributed by atoms with Gasteiger partial charge in [0.25, 0.3) is 0 Å². The highest BCUT2D eigenvalue weighted by Crippen LogP contribution is 2.35. The lowest BCUT2D eigenvalue weighted by Crippen LogP contribution is -2.17. The number of nitrogens with one attached hydrogen (secondary N) is 1. The number of nitrogens with zero attached hydrogens (tertiary/aromatic N) is 2. The van der Waals surface area contributed by atoms with Crippen molar-refractivity contribution in [1.29, 1.82) is 0 Å². The zero-order chi connectivity index (χ0) is 29.0. The zero-order valence-corrected chi connectivity index (χ0v) is 21.5. The number of aromatic hydroxyl groups is 1. The molecular weight excluding hydrogens is 556 g/mol. The Balaban J connectivity index is 1.75. The number of alkyl halides is 4. The average Bonchev–Trinajstić information content (AvgIpc) is 3.52. The molecule has 2 heterocycles. The molecule has 2 N–H and O–H groups in total. The van der Waals surface area contributed by atoms with Crippen LogP contribution in [0.1, 0.15) is 23.7 Å². The minimum atomic E-state index is -4.90. The second kappa shape index (κ2) is 11.8. The van der Waals surface area contributed by atoms with Crippen molar-refractivity contribution >= 4 is 48.0 Å². The second-order valence-electron chi connectivity index (χ2n) is 8.53. The van der Waals surface area contributed by atoms with Gasteiger partial charge in [-0.25, -0.2) is 4.99 Å². The summed E-state index contributed by atoms with van der Waals surface area (Å²) in [4.78, 5) is 16.2. The van der Waals surface area contributed by atoms with Crippen LogP contribution in [0, 0.1) is 0 Å². The normalized spacial score (nSPS) is 14.7. The molecular formula is C27H20BClF5N3O3. The number of hydrogen-bond donors (Lipinski definition) is 2. The number of phenolic OH excluding ortho intramolecular Hbond substituents is 1. The molecule has 0 atom stereocenters. The third-order valence-corrected chi connectivity index (χ3v) is 5.95. The molecule has 0 unspecified atom stereocenters. The van der Waals surface area contributed by atoms with Crippen LogP contribution in [0.25, 0.3) is 11.6 Å². The van der Waals surface area contributed by atoms with Crippen LogP contribution < -0.4 is 10.1 Å². The van der Waals surface area contributed by atoms with E-state index in [0.29, 0.717) is 33.8 Å². The van der Waals surface area contributed by atoms with Crippen molar-refractivity contribution in [2.24, 2.45) is 4.99 Å². The highest BCUT2D eigenvalue weighted by atomic mass is 35.5. The number of rotatable bonds is 8. The Hall–Kier alpha value is -4.32. The molecule has 1 aromatic heterocycles. The van der Waals surface area contributed by atoms with Crippen molar-refractivity contribution in [2.45, 2.75) is 13.3 Å². The molecule has 206 valence electrons. The van der Waals surface area contributed by atoms with Crippen LogP contribution in [0.5, 0.6) is 11.5 Å². The summed E-state index contributed by atoms with van der Waals surface area (Å²) in [5.74, 6) is -1.42. The highest BCUT2D eigenvalue weighted by Gasteiger charge is 2.31. The van der Waals surface area contributed by atoms with Gasteiger partial charge in [0.1, 0.15) is 17.4 Å².